The molecule has 0 fully saturated rings. The number of hydrogen-bond donors (Lipinski definition) is 2. The monoisotopic (exact) mass is 349 g/mol. The highest BCUT2D eigenvalue weighted by Crippen LogP contribution is 2.22. The van der Waals surface area contributed by atoms with E-state index in [0.717, 1.165) is 0 Å². The smallest absolute Gasteiger partial charge is 0.371 e. The molecule has 21 heavy (non-hydrogen) atoms. The fourth-order valence-corrected chi connectivity index (χ4v) is 3.24. The second-order valence-electron chi connectivity index (χ2n) is 4.00. The van der Waals surface area contributed by atoms with E-state index in [1.165, 1.54) is 30.3 Å². The van der Waals surface area contributed by atoms with Crippen molar-refractivity contribution in [2.75, 3.05) is 0 Å². The molecule has 2 rings (SSSR count). The number of furan rings is 1. The molecule has 2 aromatic rings. The van der Waals surface area contributed by atoms with Crippen LogP contribution >= 0.6 is 23.2 Å². The molecule has 0 amide bonds. The van der Waals surface area contributed by atoms with Gasteiger partial charge in [0.05, 0.1) is 11.4 Å². The van der Waals surface area contributed by atoms with E-state index in [0.29, 0.717) is 0 Å². The maximum atomic E-state index is 12.1. The predicted octanol–water partition coefficient (Wildman–Crippen LogP) is 2.76. The summed E-state index contributed by atoms with van der Waals surface area (Å²) >= 11 is 11.5. The molecule has 1 heterocycles. The maximum Gasteiger partial charge on any atom is 0.371 e. The minimum Gasteiger partial charge on any atom is -0.475 e. The van der Waals surface area contributed by atoms with Gasteiger partial charge in [-0.15, -0.1) is 0 Å². The van der Waals surface area contributed by atoms with Crippen molar-refractivity contribution in [1.82, 2.24) is 4.72 Å². The summed E-state index contributed by atoms with van der Waals surface area (Å²) < 4.78 is 31.3. The predicted molar refractivity (Wildman–Crippen MR) is 76.2 cm³/mol. The Kier molecular flexibility index (Phi) is 4.58. The molecule has 0 aliphatic heterocycles. The zero-order chi connectivity index (χ0) is 15.6. The van der Waals surface area contributed by atoms with E-state index in [1.54, 1.807) is 0 Å². The van der Waals surface area contributed by atoms with Crippen LogP contribution in [0, 0.1) is 0 Å². The number of sulfonamides is 1. The Hall–Kier alpha value is -1.54. The summed E-state index contributed by atoms with van der Waals surface area (Å²) in [7, 11) is -3.84. The summed E-state index contributed by atoms with van der Waals surface area (Å²) in [6.07, 6.45) is 0. The SMILES string of the molecule is O=C(O)c1ccc(CNS(=O)(=O)c2cc(Cl)cc(Cl)c2)o1. The molecule has 0 bridgehead atoms. The minimum atomic E-state index is -3.84. The van der Waals surface area contributed by atoms with Crippen molar-refractivity contribution in [3.63, 3.8) is 0 Å². The molecule has 2 N–H and O–H groups in total. The molecule has 1 aromatic carbocycles. The van der Waals surface area contributed by atoms with E-state index in [4.69, 9.17) is 32.7 Å². The highest BCUT2D eigenvalue weighted by atomic mass is 35.5. The van der Waals surface area contributed by atoms with Crippen LogP contribution in [0.5, 0.6) is 0 Å². The third-order valence-electron chi connectivity index (χ3n) is 2.46. The van der Waals surface area contributed by atoms with Crippen LogP contribution in [0.15, 0.2) is 39.6 Å². The Balaban J connectivity index is 2.15. The van der Waals surface area contributed by atoms with Crippen LogP contribution < -0.4 is 4.72 Å². The Labute approximate surface area is 130 Å². The van der Waals surface area contributed by atoms with Gasteiger partial charge in [0.1, 0.15) is 5.76 Å². The van der Waals surface area contributed by atoms with Gasteiger partial charge in [-0.25, -0.2) is 17.9 Å². The summed E-state index contributed by atoms with van der Waals surface area (Å²) in [5.41, 5.74) is 0. The fourth-order valence-electron chi connectivity index (χ4n) is 1.52. The number of aromatic carboxylic acids is 1. The molecular formula is C12H9Cl2NO5S. The summed E-state index contributed by atoms with van der Waals surface area (Å²) in [6, 6.07) is 6.52. The molecular weight excluding hydrogens is 341 g/mol. The van der Waals surface area contributed by atoms with Gasteiger partial charge >= 0.3 is 5.97 Å². The zero-order valence-corrected chi connectivity index (χ0v) is 12.7. The van der Waals surface area contributed by atoms with Crippen LogP contribution in [0.25, 0.3) is 0 Å². The summed E-state index contributed by atoms with van der Waals surface area (Å²) in [5, 5.41) is 9.08. The van der Waals surface area contributed by atoms with Crippen molar-refractivity contribution in [1.29, 1.82) is 0 Å². The van der Waals surface area contributed by atoms with E-state index in [9.17, 15) is 13.2 Å². The van der Waals surface area contributed by atoms with E-state index in [2.05, 4.69) is 4.72 Å². The number of carbonyl (C=O) groups is 1. The van der Waals surface area contributed by atoms with Crippen LogP contribution in [-0.4, -0.2) is 19.5 Å². The first-order valence-corrected chi connectivity index (χ1v) is 7.79. The number of carboxylic acid groups (broad SMARTS) is 1. The Morgan fingerprint density at radius 2 is 1.81 bits per heavy atom. The van der Waals surface area contributed by atoms with Gasteiger partial charge in [0.25, 0.3) is 0 Å². The third-order valence-corrected chi connectivity index (χ3v) is 4.27. The van der Waals surface area contributed by atoms with E-state index in [-0.39, 0.29) is 33.0 Å². The molecule has 0 aliphatic rings. The van der Waals surface area contributed by atoms with Crippen molar-refractivity contribution in [3.8, 4) is 0 Å². The van der Waals surface area contributed by atoms with Gasteiger partial charge < -0.3 is 9.52 Å². The highest BCUT2D eigenvalue weighted by molar-refractivity contribution is 7.89. The lowest BCUT2D eigenvalue weighted by Crippen LogP contribution is -2.23. The van der Waals surface area contributed by atoms with Crippen LogP contribution in [0.3, 0.4) is 0 Å². The standard InChI is InChI=1S/C12H9Cl2NO5S/c13-7-3-8(14)5-10(4-7)21(18,19)15-6-9-1-2-11(20-9)12(16)17/h1-5,15H,6H2,(H,16,17). The third kappa shape index (κ3) is 3.98. The molecule has 0 unspecified atom stereocenters. The van der Waals surface area contributed by atoms with Gasteiger partial charge in [-0.2, -0.15) is 0 Å². The van der Waals surface area contributed by atoms with Crippen molar-refractivity contribution in [2.24, 2.45) is 0 Å². The van der Waals surface area contributed by atoms with Gasteiger partial charge in [0.15, 0.2) is 0 Å². The normalized spacial score (nSPS) is 11.5. The van der Waals surface area contributed by atoms with E-state index >= 15 is 0 Å². The molecule has 0 aliphatic carbocycles. The van der Waals surface area contributed by atoms with Crippen LogP contribution in [-0.2, 0) is 16.6 Å². The number of hydrogen-bond acceptors (Lipinski definition) is 4. The van der Waals surface area contributed by atoms with Crippen LogP contribution in [0.2, 0.25) is 10.0 Å². The molecule has 0 spiro atoms. The molecule has 9 heteroatoms. The van der Waals surface area contributed by atoms with Gasteiger partial charge in [-0.1, -0.05) is 23.2 Å². The molecule has 0 saturated heterocycles. The second kappa shape index (κ2) is 6.07. The largest absolute Gasteiger partial charge is 0.475 e. The fraction of sp³-hybridized carbons (Fsp3) is 0.0833. The number of halogens is 2. The van der Waals surface area contributed by atoms with Gasteiger partial charge in [-0.05, 0) is 30.3 Å². The molecule has 0 atom stereocenters. The number of nitrogens with one attached hydrogen (secondary N) is 1. The number of rotatable bonds is 5. The second-order valence-corrected chi connectivity index (χ2v) is 6.64. The Morgan fingerprint density at radius 1 is 1.19 bits per heavy atom. The lowest BCUT2D eigenvalue weighted by atomic mass is 10.4. The van der Waals surface area contributed by atoms with Crippen molar-refractivity contribution in [2.45, 2.75) is 11.4 Å². The average Bonchev–Trinajstić information content (AvgIpc) is 2.84. The molecule has 112 valence electrons. The Morgan fingerprint density at radius 3 is 2.33 bits per heavy atom. The topological polar surface area (TPSA) is 96.6 Å². The first-order chi connectivity index (χ1) is 9.78. The zero-order valence-electron chi connectivity index (χ0n) is 10.3. The lowest BCUT2D eigenvalue weighted by molar-refractivity contribution is 0.0660. The molecule has 0 saturated carbocycles. The van der Waals surface area contributed by atoms with Crippen LogP contribution in [0.1, 0.15) is 16.3 Å². The molecule has 1 aromatic heterocycles. The van der Waals surface area contributed by atoms with Crippen molar-refractivity contribution >= 4 is 39.2 Å². The van der Waals surface area contributed by atoms with Crippen molar-refractivity contribution < 1.29 is 22.7 Å². The minimum absolute atomic E-state index is 0.0926. The van der Waals surface area contributed by atoms with Crippen molar-refractivity contribution in [3.05, 3.63) is 51.9 Å². The van der Waals surface area contributed by atoms with Gasteiger partial charge in [0.2, 0.25) is 15.8 Å². The maximum absolute atomic E-state index is 12.1. The first-order valence-electron chi connectivity index (χ1n) is 5.56. The highest BCUT2D eigenvalue weighted by Gasteiger charge is 2.17. The average molecular weight is 350 g/mol. The van der Waals surface area contributed by atoms with Gasteiger partial charge in [-0.3, -0.25) is 0 Å². The number of benzene rings is 1. The number of carboxylic acids is 1. The summed E-state index contributed by atoms with van der Waals surface area (Å²) in [4.78, 5) is 10.6. The molecule has 0 radical (unpaired) electrons. The van der Waals surface area contributed by atoms with E-state index in [1.807, 2.05) is 0 Å². The summed E-state index contributed by atoms with van der Waals surface area (Å²) in [6.45, 7) is -0.195. The van der Waals surface area contributed by atoms with Crippen LogP contribution in [0.4, 0.5) is 0 Å². The van der Waals surface area contributed by atoms with Gasteiger partial charge in [0, 0.05) is 10.0 Å². The van der Waals surface area contributed by atoms with E-state index < -0.39 is 16.0 Å². The lowest BCUT2D eigenvalue weighted by Gasteiger charge is -2.06. The quantitative estimate of drug-likeness (QED) is 0.864. The first kappa shape index (κ1) is 15.8. The Bertz CT molecular complexity index is 764. The summed E-state index contributed by atoms with van der Waals surface area (Å²) in [5.74, 6) is -1.33. The molecule has 6 nitrogen and oxygen atoms in total.